The van der Waals surface area contributed by atoms with Crippen LogP contribution in [0.2, 0.25) is 0 Å². The molecule has 0 saturated heterocycles. The molecule has 1 heterocycles. The molecule has 33 heavy (non-hydrogen) atoms. The van der Waals surface area contributed by atoms with Crippen LogP contribution in [0.15, 0.2) is 30.5 Å². The first-order valence-corrected chi connectivity index (χ1v) is 11.4. The summed E-state index contributed by atoms with van der Waals surface area (Å²) in [6.07, 6.45) is 4.54. The summed E-state index contributed by atoms with van der Waals surface area (Å²) in [7, 11) is 1.63. The second-order valence-electron chi connectivity index (χ2n) is 9.65. The van der Waals surface area contributed by atoms with Crippen molar-refractivity contribution < 1.29 is 19.4 Å². The second kappa shape index (κ2) is 9.11. The summed E-state index contributed by atoms with van der Waals surface area (Å²) in [6.45, 7) is 5.51. The number of rotatable bonds is 9. The molecule has 2 fully saturated rings. The average molecular weight is 453 g/mol. The first-order chi connectivity index (χ1) is 15.7. The largest absolute Gasteiger partial charge is 0.394 e. The minimum atomic E-state index is -0.658. The summed E-state index contributed by atoms with van der Waals surface area (Å²) in [5.41, 5.74) is 2.86. The molecule has 0 spiro atoms. The third-order valence-corrected chi connectivity index (χ3v) is 6.06. The Morgan fingerprint density at radius 1 is 1.18 bits per heavy atom. The number of amides is 2. The molecule has 0 bridgehead atoms. The maximum atomic E-state index is 13.2. The lowest BCUT2D eigenvalue weighted by Gasteiger charge is -2.25. The zero-order valence-electron chi connectivity index (χ0n) is 19.6. The van der Waals surface area contributed by atoms with Crippen molar-refractivity contribution in [1.82, 2.24) is 15.6 Å². The highest BCUT2D eigenvalue weighted by Gasteiger charge is 2.39. The monoisotopic (exact) mass is 452 g/mol. The minimum absolute atomic E-state index is 0.0268. The van der Waals surface area contributed by atoms with Crippen LogP contribution >= 0.6 is 0 Å². The first-order valence-electron chi connectivity index (χ1n) is 11.4. The van der Waals surface area contributed by atoms with Crippen LogP contribution in [0.3, 0.4) is 0 Å². The molecular weight excluding hydrogens is 420 g/mol. The topological polar surface area (TPSA) is 113 Å². The van der Waals surface area contributed by atoms with E-state index in [-0.39, 0.29) is 36.6 Å². The summed E-state index contributed by atoms with van der Waals surface area (Å²) in [4.78, 5) is 30.2. The summed E-state index contributed by atoms with van der Waals surface area (Å²) in [6, 6.07) is 7.60. The Morgan fingerprint density at radius 2 is 1.94 bits per heavy atom. The fourth-order valence-electron chi connectivity index (χ4n) is 3.65. The minimum Gasteiger partial charge on any atom is -0.394 e. The number of nitrogens with zero attached hydrogens (tertiary/aromatic N) is 1. The van der Waals surface area contributed by atoms with Gasteiger partial charge in [-0.25, -0.2) is 4.98 Å². The van der Waals surface area contributed by atoms with E-state index in [0.717, 1.165) is 36.0 Å². The Labute approximate surface area is 194 Å². The predicted octanol–water partition coefficient (Wildman–Crippen LogP) is 2.65. The smallest absolute Gasteiger partial charge is 0.255 e. The number of anilines is 1. The van der Waals surface area contributed by atoms with Crippen LogP contribution in [-0.4, -0.2) is 59.3 Å². The molecule has 0 radical (unpaired) electrons. The Hall–Kier alpha value is -2.97. The van der Waals surface area contributed by atoms with Gasteiger partial charge in [-0.2, -0.15) is 0 Å². The van der Waals surface area contributed by atoms with E-state index in [0.29, 0.717) is 16.9 Å². The summed E-state index contributed by atoms with van der Waals surface area (Å²) < 4.78 is 5.30. The number of methoxy groups -OCH3 is 1. The van der Waals surface area contributed by atoms with Gasteiger partial charge < -0.3 is 25.8 Å². The molecule has 4 N–H and O–H groups in total. The van der Waals surface area contributed by atoms with Crippen molar-refractivity contribution in [2.24, 2.45) is 0 Å². The quantitative estimate of drug-likeness (QED) is 0.465. The second-order valence-corrected chi connectivity index (χ2v) is 9.65. The van der Waals surface area contributed by atoms with Crippen LogP contribution in [0, 0.1) is 6.92 Å². The van der Waals surface area contributed by atoms with Gasteiger partial charge in [-0.05, 0) is 69.4 Å². The number of hydrogen-bond acceptors (Lipinski definition) is 6. The highest BCUT2D eigenvalue weighted by Crippen LogP contribution is 2.30. The number of nitrogens with one attached hydrogen (secondary N) is 3. The highest BCUT2D eigenvalue weighted by atomic mass is 16.5. The van der Waals surface area contributed by atoms with Gasteiger partial charge in [0.05, 0.1) is 29.9 Å². The summed E-state index contributed by atoms with van der Waals surface area (Å²) >= 11 is 0. The number of ether oxygens (including phenoxy) is 1. The fourth-order valence-corrected chi connectivity index (χ4v) is 3.65. The van der Waals surface area contributed by atoms with Crippen molar-refractivity contribution >= 4 is 17.6 Å². The maximum absolute atomic E-state index is 13.2. The standard InChI is InChI=1S/C25H32N4O4/c1-14-5-6-15(23(31)27-17-7-8-17)9-18(14)16-10-19(24(32)28-20-11-21(20)33-4)22(26-12-16)29-25(2,3)13-30/h5-6,9-10,12,17,20-21,30H,7-8,11,13H2,1-4H3,(H,26,29)(H,27,31)(H,28,32). The van der Waals surface area contributed by atoms with Gasteiger partial charge in [-0.1, -0.05) is 6.07 Å². The number of benzene rings is 1. The number of aryl methyl sites for hydroxylation is 1. The van der Waals surface area contributed by atoms with Gasteiger partial charge in [-0.3, -0.25) is 9.59 Å². The van der Waals surface area contributed by atoms with Crippen molar-refractivity contribution in [2.75, 3.05) is 19.0 Å². The molecule has 8 nitrogen and oxygen atoms in total. The van der Waals surface area contributed by atoms with Crippen LogP contribution < -0.4 is 16.0 Å². The van der Waals surface area contributed by atoms with E-state index < -0.39 is 5.54 Å². The third kappa shape index (κ3) is 5.51. The number of aliphatic hydroxyl groups is 1. The molecule has 176 valence electrons. The first kappa shape index (κ1) is 23.2. The molecular formula is C25H32N4O4. The van der Waals surface area contributed by atoms with Gasteiger partial charge in [0.2, 0.25) is 0 Å². The van der Waals surface area contributed by atoms with E-state index in [1.807, 2.05) is 39.0 Å². The Bertz CT molecular complexity index is 1060. The number of aliphatic hydroxyl groups excluding tert-OH is 1. The van der Waals surface area contributed by atoms with Gasteiger partial charge in [0.25, 0.3) is 11.8 Å². The van der Waals surface area contributed by atoms with E-state index in [4.69, 9.17) is 4.74 Å². The molecule has 1 aromatic heterocycles. The fraction of sp³-hybridized carbons (Fsp3) is 0.480. The molecule has 2 unspecified atom stereocenters. The number of carbonyl (C=O) groups is 2. The summed E-state index contributed by atoms with van der Waals surface area (Å²) in [5.74, 6) is 0.0441. The molecule has 0 aliphatic heterocycles. The molecule has 2 atom stereocenters. The van der Waals surface area contributed by atoms with E-state index in [1.165, 1.54) is 0 Å². The van der Waals surface area contributed by atoms with Gasteiger partial charge in [0, 0.05) is 30.5 Å². The van der Waals surface area contributed by atoms with Gasteiger partial charge >= 0.3 is 0 Å². The van der Waals surface area contributed by atoms with E-state index in [2.05, 4.69) is 20.9 Å². The van der Waals surface area contributed by atoms with Crippen LogP contribution in [-0.2, 0) is 4.74 Å². The highest BCUT2D eigenvalue weighted by molar-refractivity contribution is 6.01. The van der Waals surface area contributed by atoms with Crippen molar-refractivity contribution in [3.8, 4) is 11.1 Å². The van der Waals surface area contributed by atoms with Crippen LogP contribution in [0.5, 0.6) is 0 Å². The number of pyridine rings is 1. The van der Waals surface area contributed by atoms with Crippen molar-refractivity contribution in [3.63, 3.8) is 0 Å². The maximum Gasteiger partial charge on any atom is 0.255 e. The van der Waals surface area contributed by atoms with Crippen molar-refractivity contribution in [1.29, 1.82) is 0 Å². The zero-order chi connectivity index (χ0) is 23.8. The third-order valence-electron chi connectivity index (χ3n) is 6.06. The Morgan fingerprint density at radius 3 is 2.58 bits per heavy atom. The average Bonchev–Trinajstić information content (AvgIpc) is 3.71. The van der Waals surface area contributed by atoms with Crippen LogP contribution in [0.4, 0.5) is 5.82 Å². The molecule has 2 saturated carbocycles. The van der Waals surface area contributed by atoms with Crippen molar-refractivity contribution in [2.45, 2.75) is 63.8 Å². The normalized spacial score (nSPS) is 19.7. The lowest BCUT2D eigenvalue weighted by Crippen LogP contribution is -2.37. The van der Waals surface area contributed by atoms with Gasteiger partial charge in [0.15, 0.2) is 0 Å². The van der Waals surface area contributed by atoms with Gasteiger partial charge in [-0.15, -0.1) is 0 Å². The molecule has 8 heteroatoms. The van der Waals surface area contributed by atoms with E-state index in [1.54, 1.807) is 19.4 Å². The molecule has 4 rings (SSSR count). The Kier molecular flexibility index (Phi) is 6.41. The number of carbonyl (C=O) groups excluding carboxylic acids is 2. The van der Waals surface area contributed by atoms with E-state index in [9.17, 15) is 14.7 Å². The SMILES string of the molecule is COC1CC1NC(=O)c1cc(-c2cc(C(=O)NC3CC3)ccc2C)cnc1NC(C)(C)CO. The molecule has 2 aliphatic rings. The molecule has 2 aliphatic carbocycles. The van der Waals surface area contributed by atoms with Crippen LogP contribution in [0.1, 0.15) is 59.4 Å². The van der Waals surface area contributed by atoms with Crippen LogP contribution in [0.25, 0.3) is 11.1 Å². The number of aromatic nitrogens is 1. The molecule has 2 aromatic rings. The molecule has 1 aromatic carbocycles. The van der Waals surface area contributed by atoms with E-state index >= 15 is 0 Å². The van der Waals surface area contributed by atoms with Gasteiger partial charge in [0.1, 0.15) is 5.82 Å². The number of hydrogen-bond donors (Lipinski definition) is 4. The lowest BCUT2D eigenvalue weighted by atomic mass is 9.97. The lowest BCUT2D eigenvalue weighted by molar-refractivity contribution is 0.0932. The summed E-state index contributed by atoms with van der Waals surface area (Å²) in [5, 5.41) is 18.9. The zero-order valence-corrected chi connectivity index (χ0v) is 19.6. The Balaban J connectivity index is 1.67. The van der Waals surface area contributed by atoms with Crippen molar-refractivity contribution in [3.05, 3.63) is 47.2 Å². The molecule has 2 amide bonds. The predicted molar refractivity (Wildman–Crippen MR) is 126 cm³/mol.